The van der Waals surface area contributed by atoms with E-state index in [-0.39, 0.29) is 6.71 Å². The van der Waals surface area contributed by atoms with Crippen molar-refractivity contribution in [2.75, 3.05) is 9.80 Å². The lowest BCUT2D eigenvalue weighted by Gasteiger charge is -2.44. The number of hydrogen-bond donors (Lipinski definition) is 0. The molecule has 0 aliphatic carbocycles. The summed E-state index contributed by atoms with van der Waals surface area (Å²) in [6.45, 7) is -0.0577. The van der Waals surface area contributed by atoms with Gasteiger partial charge in [0.25, 0.3) is 6.71 Å². The maximum absolute atomic E-state index is 6.37. The summed E-state index contributed by atoms with van der Waals surface area (Å²) < 4.78 is 7.56. The van der Waals surface area contributed by atoms with Crippen LogP contribution in [0.3, 0.4) is 0 Å². The standard InChI is InChI=1S/C42H27BN4OS/c1-3-12-29(13-4-1)46-35-23-21-28(42-45-34-16-7-8-19-39(34)49-42)26-32(35)43-33-27-31(48-40-20-9-10-25-44-40)22-24-36(33)47(30-14-5-2-6-15-30)38-18-11-17-37(46)41(38)43/h1-27H. The monoisotopic (exact) mass is 646 g/mol. The van der Waals surface area contributed by atoms with E-state index < -0.39 is 0 Å². The third-order valence-electron chi connectivity index (χ3n) is 9.39. The Hall–Kier alpha value is -6.18. The number of pyridine rings is 1. The quantitative estimate of drug-likeness (QED) is 0.175. The van der Waals surface area contributed by atoms with Crippen LogP contribution in [-0.2, 0) is 0 Å². The summed E-state index contributed by atoms with van der Waals surface area (Å²) in [6.07, 6.45) is 1.76. The largest absolute Gasteiger partial charge is 0.439 e. The first-order valence-electron chi connectivity index (χ1n) is 16.4. The van der Waals surface area contributed by atoms with E-state index in [4.69, 9.17) is 9.72 Å². The topological polar surface area (TPSA) is 41.5 Å². The Morgan fingerprint density at radius 1 is 0.551 bits per heavy atom. The van der Waals surface area contributed by atoms with E-state index in [9.17, 15) is 0 Å². The molecule has 0 amide bonds. The van der Waals surface area contributed by atoms with E-state index >= 15 is 0 Å². The number of anilines is 6. The van der Waals surface area contributed by atoms with Gasteiger partial charge >= 0.3 is 0 Å². The summed E-state index contributed by atoms with van der Waals surface area (Å²) >= 11 is 1.74. The van der Waals surface area contributed by atoms with E-state index in [0.717, 1.165) is 56.0 Å². The molecular weight excluding hydrogens is 619 g/mol. The zero-order valence-corrected chi connectivity index (χ0v) is 27.1. The smallest absolute Gasteiger partial charge is 0.252 e. The highest BCUT2D eigenvalue weighted by molar-refractivity contribution is 7.21. The molecule has 0 spiro atoms. The highest BCUT2D eigenvalue weighted by Gasteiger charge is 2.43. The van der Waals surface area contributed by atoms with Gasteiger partial charge in [0, 0.05) is 52.0 Å². The van der Waals surface area contributed by atoms with Crippen LogP contribution in [0, 0.1) is 0 Å². The van der Waals surface area contributed by atoms with Crippen LogP contribution in [0.25, 0.3) is 20.8 Å². The number of thiazole rings is 1. The number of benzene rings is 6. The summed E-state index contributed by atoms with van der Waals surface area (Å²) in [7, 11) is 0. The molecule has 8 aromatic rings. The lowest BCUT2D eigenvalue weighted by Crippen LogP contribution is -2.61. The first-order valence-corrected chi connectivity index (χ1v) is 17.2. The van der Waals surface area contributed by atoms with Crippen molar-refractivity contribution < 1.29 is 4.74 Å². The summed E-state index contributed by atoms with van der Waals surface area (Å²) in [5.41, 5.74) is 12.6. The SMILES string of the molecule is c1ccc(N2c3ccc(Oc4ccccn4)cc3B3c4cc(-c5nc6ccccc6s5)ccc4N(c4ccccc4)c4cccc2c43)cc1. The van der Waals surface area contributed by atoms with E-state index in [2.05, 4.69) is 154 Å². The van der Waals surface area contributed by atoms with Crippen molar-refractivity contribution in [1.29, 1.82) is 0 Å². The summed E-state index contributed by atoms with van der Waals surface area (Å²) in [5, 5.41) is 1.02. The van der Waals surface area contributed by atoms with Crippen molar-refractivity contribution in [3.05, 3.63) is 164 Å². The fraction of sp³-hybridized carbons (Fsp3) is 0. The van der Waals surface area contributed by atoms with Gasteiger partial charge in [-0.2, -0.15) is 0 Å². The highest BCUT2D eigenvalue weighted by atomic mass is 32.1. The minimum absolute atomic E-state index is 0.0577. The second-order valence-corrected chi connectivity index (χ2v) is 13.3. The van der Waals surface area contributed by atoms with Gasteiger partial charge in [0.15, 0.2) is 0 Å². The molecular formula is C42H27BN4OS. The molecule has 0 bridgehead atoms. The van der Waals surface area contributed by atoms with Crippen molar-refractivity contribution in [1.82, 2.24) is 9.97 Å². The minimum Gasteiger partial charge on any atom is -0.439 e. The maximum Gasteiger partial charge on any atom is 0.252 e. The van der Waals surface area contributed by atoms with Crippen LogP contribution in [0.1, 0.15) is 0 Å². The third-order valence-corrected chi connectivity index (χ3v) is 10.5. The molecule has 2 aliphatic heterocycles. The van der Waals surface area contributed by atoms with E-state index in [1.807, 2.05) is 18.2 Å². The fourth-order valence-electron chi connectivity index (χ4n) is 7.35. The number of hydrogen-bond acceptors (Lipinski definition) is 6. The molecule has 0 saturated heterocycles. The molecule has 49 heavy (non-hydrogen) atoms. The molecule has 5 nitrogen and oxygen atoms in total. The van der Waals surface area contributed by atoms with Crippen LogP contribution >= 0.6 is 11.3 Å². The second kappa shape index (κ2) is 11.2. The molecule has 4 heterocycles. The second-order valence-electron chi connectivity index (χ2n) is 12.2. The third kappa shape index (κ3) is 4.54. The molecule has 0 saturated carbocycles. The molecule has 0 atom stereocenters. The minimum atomic E-state index is -0.0577. The Morgan fingerprint density at radius 2 is 1.20 bits per heavy atom. The zero-order valence-electron chi connectivity index (χ0n) is 26.3. The molecule has 7 heteroatoms. The average Bonchev–Trinajstić information content (AvgIpc) is 3.60. The molecule has 6 aromatic carbocycles. The Kier molecular flexibility index (Phi) is 6.39. The van der Waals surface area contributed by atoms with Crippen LogP contribution in [0.2, 0.25) is 0 Å². The van der Waals surface area contributed by atoms with Gasteiger partial charge < -0.3 is 14.5 Å². The first-order chi connectivity index (χ1) is 24.3. The number of para-hydroxylation sites is 3. The van der Waals surface area contributed by atoms with Gasteiger partial charge in [-0.3, -0.25) is 0 Å². The van der Waals surface area contributed by atoms with Crippen LogP contribution in [-0.4, -0.2) is 16.7 Å². The van der Waals surface area contributed by atoms with Crippen LogP contribution in [0.15, 0.2) is 164 Å². The lowest BCUT2D eigenvalue weighted by atomic mass is 9.33. The predicted molar refractivity (Wildman–Crippen MR) is 203 cm³/mol. The fourth-order valence-corrected chi connectivity index (χ4v) is 8.31. The Labute approximate surface area is 288 Å². The Balaban J connectivity index is 1.25. The highest BCUT2D eigenvalue weighted by Crippen LogP contribution is 2.45. The lowest BCUT2D eigenvalue weighted by molar-refractivity contribution is 0.463. The molecule has 2 aliphatic rings. The van der Waals surface area contributed by atoms with Gasteiger partial charge in [0.1, 0.15) is 10.8 Å². The molecule has 0 unspecified atom stereocenters. The van der Waals surface area contributed by atoms with E-state index in [1.165, 1.54) is 21.1 Å². The molecule has 2 aromatic heterocycles. The summed E-state index contributed by atoms with van der Waals surface area (Å²) in [4.78, 5) is 14.3. The average molecular weight is 647 g/mol. The molecule has 0 fully saturated rings. The normalized spacial score (nSPS) is 12.8. The molecule has 0 radical (unpaired) electrons. The first kappa shape index (κ1) is 27.9. The zero-order chi connectivity index (χ0) is 32.3. The van der Waals surface area contributed by atoms with Crippen LogP contribution < -0.4 is 30.9 Å². The van der Waals surface area contributed by atoms with Gasteiger partial charge in [-0.25, -0.2) is 9.97 Å². The van der Waals surface area contributed by atoms with Gasteiger partial charge in [0.05, 0.1) is 10.2 Å². The van der Waals surface area contributed by atoms with Crippen LogP contribution in [0.5, 0.6) is 11.6 Å². The van der Waals surface area contributed by atoms with Gasteiger partial charge in [-0.05, 0) is 101 Å². The van der Waals surface area contributed by atoms with Crippen molar-refractivity contribution >= 4 is 78.8 Å². The number of aromatic nitrogens is 2. The predicted octanol–water partition coefficient (Wildman–Crippen LogP) is 9.23. The van der Waals surface area contributed by atoms with Crippen molar-refractivity contribution in [2.45, 2.75) is 0 Å². The molecule has 230 valence electrons. The number of rotatable bonds is 5. The summed E-state index contributed by atoms with van der Waals surface area (Å²) in [5.74, 6) is 1.32. The van der Waals surface area contributed by atoms with Crippen molar-refractivity contribution in [3.8, 4) is 22.2 Å². The Morgan fingerprint density at radius 3 is 1.90 bits per heavy atom. The summed E-state index contributed by atoms with van der Waals surface area (Å²) in [6, 6.07) is 55.4. The van der Waals surface area contributed by atoms with Crippen molar-refractivity contribution in [3.63, 3.8) is 0 Å². The number of fused-ring (bicyclic) bond motifs is 5. The Bertz CT molecular complexity index is 2460. The number of nitrogens with zero attached hydrogens (tertiary/aromatic N) is 4. The van der Waals surface area contributed by atoms with Gasteiger partial charge in [0.2, 0.25) is 5.88 Å². The van der Waals surface area contributed by atoms with Gasteiger partial charge in [-0.15, -0.1) is 11.3 Å². The molecule has 10 rings (SSSR count). The van der Waals surface area contributed by atoms with E-state index in [1.54, 1.807) is 17.5 Å². The van der Waals surface area contributed by atoms with Crippen molar-refractivity contribution in [2.24, 2.45) is 0 Å². The molecule has 0 N–H and O–H groups in total. The van der Waals surface area contributed by atoms with Crippen LogP contribution in [0.4, 0.5) is 34.1 Å². The number of ether oxygens (including phenoxy) is 1. The maximum atomic E-state index is 6.37. The van der Waals surface area contributed by atoms with Gasteiger partial charge in [-0.1, -0.05) is 66.7 Å². The van der Waals surface area contributed by atoms with E-state index in [0.29, 0.717) is 5.88 Å².